The zero-order valence-electron chi connectivity index (χ0n) is 6.12. The monoisotopic (exact) mass is 174 g/mol. The lowest BCUT2D eigenvalue weighted by atomic mass is 10.3. The van der Waals surface area contributed by atoms with Crippen LogP contribution in [-0.4, -0.2) is 15.0 Å². The molecule has 0 saturated carbocycles. The molecule has 0 aliphatic heterocycles. The van der Waals surface area contributed by atoms with Crippen molar-refractivity contribution in [1.82, 2.24) is 0 Å². The molecule has 3 nitrogen and oxygen atoms in total. The fraction of sp³-hybridized carbons (Fsp3) is 0.429. The van der Waals surface area contributed by atoms with E-state index in [4.69, 9.17) is 6.42 Å². The van der Waals surface area contributed by atoms with Crippen LogP contribution in [0.25, 0.3) is 0 Å². The summed E-state index contributed by atoms with van der Waals surface area (Å²) in [6.45, 7) is 3.20. The van der Waals surface area contributed by atoms with Gasteiger partial charge in [-0.15, -0.1) is 12.3 Å². The maximum Gasteiger partial charge on any atom is 0.289 e. The average molecular weight is 174 g/mol. The molecule has 0 aliphatic rings. The van der Waals surface area contributed by atoms with E-state index in [1.165, 1.54) is 0 Å². The zero-order valence-corrected chi connectivity index (χ0v) is 6.93. The van der Waals surface area contributed by atoms with Crippen LogP contribution in [0, 0.1) is 12.3 Å². The van der Waals surface area contributed by atoms with Crippen LogP contribution in [0.5, 0.6) is 0 Å². The number of rotatable bonds is 5. The van der Waals surface area contributed by atoms with Crippen molar-refractivity contribution in [1.29, 1.82) is 0 Å². The van der Waals surface area contributed by atoms with E-state index in [0.29, 0.717) is 12.8 Å². The summed E-state index contributed by atoms with van der Waals surface area (Å²) in [6, 6.07) is 0. The van der Waals surface area contributed by atoms with Crippen LogP contribution in [0.3, 0.4) is 0 Å². The van der Waals surface area contributed by atoms with Gasteiger partial charge >= 0.3 is 0 Å². The third-order valence-corrected chi connectivity index (χ3v) is 1.82. The van der Waals surface area contributed by atoms with Gasteiger partial charge < -0.3 is 0 Å². The lowest BCUT2D eigenvalue weighted by Crippen LogP contribution is -2.02. The van der Waals surface area contributed by atoms with Crippen molar-refractivity contribution in [2.24, 2.45) is 0 Å². The predicted molar refractivity (Wildman–Crippen MR) is 43.1 cm³/mol. The van der Waals surface area contributed by atoms with Crippen LogP contribution in [0.2, 0.25) is 0 Å². The van der Waals surface area contributed by atoms with Crippen molar-refractivity contribution >= 4 is 10.1 Å². The molecule has 0 atom stereocenters. The minimum atomic E-state index is -3.50. The Morgan fingerprint density at radius 3 is 2.73 bits per heavy atom. The van der Waals surface area contributed by atoms with Crippen LogP contribution in [-0.2, 0) is 14.3 Å². The normalized spacial score (nSPS) is 10.5. The van der Waals surface area contributed by atoms with E-state index < -0.39 is 10.1 Å². The summed E-state index contributed by atoms with van der Waals surface area (Å²) in [6.07, 6.45) is 6.00. The Morgan fingerprint density at radius 2 is 2.27 bits per heavy atom. The summed E-state index contributed by atoms with van der Waals surface area (Å²) in [4.78, 5) is 0. The molecular weight excluding hydrogens is 164 g/mol. The molecular formula is C7H10O3S. The summed E-state index contributed by atoms with van der Waals surface area (Å²) in [5, 5.41) is 0.767. The highest BCUT2D eigenvalue weighted by Gasteiger charge is 2.02. The van der Waals surface area contributed by atoms with Gasteiger partial charge in [-0.05, 0) is 6.42 Å². The van der Waals surface area contributed by atoms with Gasteiger partial charge in [-0.3, -0.25) is 4.18 Å². The first-order valence-corrected chi connectivity index (χ1v) is 4.55. The van der Waals surface area contributed by atoms with E-state index in [1.807, 2.05) is 0 Å². The fourth-order valence-electron chi connectivity index (χ4n) is 0.397. The quantitative estimate of drug-likeness (QED) is 0.353. The van der Waals surface area contributed by atoms with Crippen molar-refractivity contribution in [3.05, 3.63) is 12.0 Å². The van der Waals surface area contributed by atoms with Crippen LogP contribution < -0.4 is 0 Å². The average Bonchev–Trinajstić information content (AvgIpc) is 1.99. The molecule has 0 heterocycles. The van der Waals surface area contributed by atoms with E-state index in [2.05, 4.69) is 16.7 Å². The summed E-state index contributed by atoms with van der Waals surface area (Å²) >= 11 is 0. The van der Waals surface area contributed by atoms with Gasteiger partial charge in [-0.25, -0.2) is 0 Å². The summed E-state index contributed by atoms with van der Waals surface area (Å²) < 4.78 is 25.6. The third kappa shape index (κ3) is 5.64. The summed E-state index contributed by atoms with van der Waals surface area (Å²) in [5.74, 6) is 2.37. The van der Waals surface area contributed by atoms with Gasteiger partial charge in [0.1, 0.15) is 0 Å². The summed E-state index contributed by atoms with van der Waals surface area (Å²) in [7, 11) is -3.50. The number of terminal acetylenes is 1. The van der Waals surface area contributed by atoms with E-state index in [1.54, 1.807) is 0 Å². The zero-order chi connectivity index (χ0) is 8.74. The smallest absolute Gasteiger partial charge is 0.267 e. The van der Waals surface area contributed by atoms with Crippen LogP contribution in [0.4, 0.5) is 0 Å². The second-order valence-electron chi connectivity index (χ2n) is 1.79. The number of unbranched alkanes of at least 4 members (excludes halogenated alkanes) is 1. The SMILES string of the molecule is C#CCCCOS(=O)(=O)C=C. The third-order valence-electron chi connectivity index (χ3n) is 0.917. The van der Waals surface area contributed by atoms with E-state index in [-0.39, 0.29) is 6.61 Å². The topological polar surface area (TPSA) is 43.4 Å². The molecule has 11 heavy (non-hydrogen) atoms. The van der Waals surface area contributed by atoms with Crippen molar-refractivity contribution < 1.29 is 12.6 Å². The highest BCUT2D eigenvalue weighted by molar-refractivity contribution is 7.89. The molecule has 0 aromatic heterocycles. The van der Waals surface area contributed by atoms with Crippen molar-refractivity contribution in [3.63, 3.8) is 0 Å². The molecule has 0 aromatic rings. The Bertz CT molecular complexity index is 245. The Balaban J connectivity index is 3.57. The van der Waals surface area contributed by atoms with Gasteiger partial charge in [-0.2, -0.15) is 8.42 Å². The Kier molecular flexibility index (Phi) is 4.59. The van der Waals surface area contributed by atoms with E-state index >= 15 is 0 Å². The van der Waals surface area contributed by atoms with E-state index in [0.717, 1.165) is 5.41 Å². The van der Waals surface area contributed by atoms with Gasteiger partial charge in [-0.1, -0.05) is 6.58 Å². The molecule has 4 heteroatoms. The van der Waals surface area contributed by atoms with Crippen molar-refractivity contribution in [2.45, 2.75) is 12.8 Å². The first-order valence-electron chi connectivity index (χ1n) is 3.07. The number of hydrogen-bond donors (Lipinski definition) is 0. The molecule has 0 aromatic carbocycles. The van der Waals surface area contributed by atoms with Gasteiger partial charge in [0.25, 0.3) is 10.1 Å². The second kappa shape index (κ2) is 4.94. The first-order chi connectivity index (χ1) is 5.12. The number of hydrogen-bond acceptors (Lipinski definition) is 3. The molecule has 0 bridgehead atoms. The Morgan fingerprint density at radius 1 is 1.64 bits per heavy atom. The van der Waals surface area contributed by atoms with Crippen LogP contribution in [0.1, 0.15) is 12.8 Å². The molecule has 0 N–H and O–H groups in total. The van der Waals surface area contributed by atoms with Gasteiger partial charge in [0.05, 0.1) is 12.0 Å². The van der Waals surface area contributed by atoms with Gasteiger partial charge in [0, 0.05) is 6.42 Å². The molecule has 0 unspecified atom stereocenters. The van der Waals surface area contributed by atoms with Crippen LogP contribution >= 0.6 is 0 Å². The molecule has 62 valence electrons. The molecule has 0 radical (unpaired) electrons. The summed E-state index contributed by atoms with van der Waals surface area (Å²) in [5.41, 5.74) is 0. The molecule has 0 spiro atoms. The minimum absolute atomic E-state index is 0.124. The molecule has 0 aliphatic carbocycles. The first kappa shape index (κ1) is 10.2. The maximum absolute atomic E-state index is 10.6. The highest BCUT2D eigenvalue weighted by atomic mass is 32.2. The van der Waals surface area contributed by atoms with Crippen molar-refractivity contribution in [3.8, 4) is 12.3 Å². The minimum Gasteiger partial charge on any atom is -0.267 e. The lowest BCUT2D eigenvalue weighted by Gasteiger charge is -1.97. The predicted octanol–water partition coefficient (Wildman–Crippen LogP) is 0.890. The largest absolute Gasteiger partial charge is 0.289 e. The molecule has 0 rings (SSSR count). The van der Waals surface area contributed by atoms with E-state index in [9.17, 15) is 8.42 Å². The molecule has 0 amide bonds. The van der Waals surface area contributed by atoms with Crippen LogP contribution in [0.15, 0.2) is 12.0 Å². The Hall–Kier alpha value is -0.790. The molecule has 0 fully saturated rings. The van der Waals surface area contributed by atoms with Gasteiger partial charge in [0.15, 0.2) is 0 Å². The lowest BCUT2D eigenvalue weighted by molar-refractivity contribution is 0.320. The second-order valence-corrected chi connectivity index (χ2v) is 3.34. The van der Waals surface area contributed by atoms with Gasteiger partial charge in [0.2, 0.25) is 0 Å². The van der Waals surface area contributed by atoms with Crippen molar-refractivity contribution in [2.75, 3.05) is 6.61 Å². The standard InChI is InChI=1S/C7H10O3S/c1-3-5-6-7-10-11(8,9)4-2/h1,4H,2,5-7H2. The maximum atomic E-state index is 10.6. The molecule has 0 saturated heterocycles. The fourth-order valence-corrected chi connectivity index (χ4v) is 0.844. The highest BCUT2D eigenvalue weighted by Crippen LogP contribution is 1.96. The Labute approximate surface area is 67.2 Å².